The lowest BCUT2D eigenvalue weighted by molar-refractivity contribution is 0.251. The van der Waals surface area contributed by atoms with Crippen LogP contribution >= 0.6 is 0 Å². The van der Waals surface area contributed by atoms with Crippen molar-refractivity contribution in [2.75, 3.05) is 19.6 Å². The molecule has 18 heavy (non-hydrogen) atoms. The van der Waals surface area contributed by atoms with Crippen LogP contribution in [-0.4, -0.2) is 30.6 Å². The zero-order valence-corrected chi connectivity index (χ0v) is 11.8. The molecule has 1 aromatic rings. The fraction of sp³-hybridized carbons (Fsp3) is 0.625. The molecule has 1 aromatic carbocycles. The van der Waals surface area contributed by atoms with E-state index < -0.39 is 0 Å². The number of likely N-dealkylation sites (tertiary alicyclic amines) is 1. The van der Waals surface area contributed by atoms with Crippen LogP contribution in [0.2, 0.25) is 0 Å². The zero-order chi connectivity index (χ0) is 12.8. The number of rotatable bonds is 6. The minimum absolute atomic E-state index is 0.669. The maximum absolute atomic E-state index is 3.57. The molecule has 1 heterocycles. The fourth-order valence-corrected chi connectivity index (χ4v) is 2.63. The molecule has 2 nitrogen and oxygen atoms in total. The molecule has 0 spiro atoms. The lowest BCUT2D eigenvalue weighted by Crippen LogP contribution is -2.38. The molecule has 1 unspecified atom stereocenters. The molecule has 0 aliphatic carbocycles. The van der Waals surface area contributed by atoms with Crippen LogP contribution in [0.5, 0.6) is 0 Å². The molecule has 1 aliphatic rings. The largest absolute Gasteiger partial charge is 0.311 e. The highest BCUT2D eigenvalue weighted by Crippen LogP contribution is 2.11. The van der Waals surface area contributed by atoms with Gasteiger partial charge in [0.15, 0.2) is 0 Å². The van der Waals surface area contributed by atoms with Gasteiger partial charge in [0.25, 0.3) is 0 Å². The first-order valence-electron chi connectivity index (χ1n) is 7.32. The number of hydrogen-bond acceptors (Lipinski definition) is 2. The predicted molar refractivity (Wildman–Crippen MR) is 77.8 cm³/mol. The summed E-state index contributed by atoms with van der Waals surface area (Å²) in [4.78, 5) is 2.59. The Bertz CT molecular complexity index is 339. The Kier molecular flexibility index (Phi) is 5.21. The number of nitrogens with zero attached hydrogens (tertiary/aromatic N) is 1. The van der Waals surface area contributed by atoms with Gasteiger partial charge in [-0.15, -0.1) is 0 Å². The van der Waals surface area contributed by atoms with Crippen molar-refractivity contribution in [1.29, 1.82) is 0 Å². The molecule has 0 amide bonds. The highest BCUT2D eigenvalue weighted by molar-refractivity contribution is 5.22. The summed E-state index contributed by atoms with van der Waals surface area (Å²) >= 11 is 0. The van der Waals surface area contributed by atoms with Crippen LogP contribution in [0, 0.1) is 0 Å². The van der Waals surface area contributed by atoms with Gasteiger partial charge >= 0.3 is 0 Å². The first-order chi connectivity index (χ1) is 8.79. The van der Waals surface area contributed by atoms with Gasteiger partial charge in [0.05, 0.1) is 0 Å². The average Bonchev–Trinajstić information content (AvgIpc) is 2.93. The van der Waals surface area contributed by atoms with Crippen LogP contribution in [0.15, 0.2) is 24.3 Å². The van der Waals surface area contributed by atoms with Crippen molar-refractivity contribution in [3.8, 4) is 0 Å². The molecule has 1 fully saturated rings. The number of benzene rings is 1. The number of hydrogen-bond donors (Lipinski definition) is 1. The fourth-order valence-electron chi connectivity index (χ4n) is 2.63. The summed E-state index contributed by atoms with van der Waals surface area (Å²) in [6, 6.07) is 9.63. The molecule has 1 saturated heterocycles. The molecule has 0 saturated carbocycles. The second kappa shape index (κ2) is 6.91. The Balaban J connectivity index is 1.70. The van der Waals surface area contributed by atoms with E-state index in [-0.39, 0.29) is 0 Å². The van der Waals surface area contributed by atoms with E-state index in [9.17, 15) is 0 Å². The summed E-state index contributed by atoms with van der Waals surface area (Å²) < 4.78 is 0. The standard InChI is InChI=1S/C16H26N2/c1-3-15-6-8-16(9-7-15)13-17-12-14(2)18-10-4-5-11-18/h6-9,14,17H,3-5,10-13H2,1-2H3. The van der Waals surface area contributed by atoms with Crippen LogP contribution in [0.3, 0.4) is 0 Å². The number of nitrogens with one attached hydrogen (secondary N) is 1. The summed E-state index contributed by atoms with van der Waals surface area (Å²) in [5.41, 5.74) is 2.81. The van der Waals surface area contributed by atoms with Gasteiger partial charge in [-0.1, -0.05) is 31.2 Å². The molecular weight excluding hydrogens is 220 g/mol. The molecule has 100 valence electrons. The van der Waals surface area contributed by atoms with E-state index in [1.165, 1.54) is 37.1 Å². The zero-order valence-electron chi connectivity index (χ0n) is 11.8. The van der Waals surface area contributed by atoms with Crippen molar-refractivity contribution in [3.63, 3.8) is 0 Å². The maximum Gasteiger partial charge on any atom is 0.0206 e. The lowest BCUT2D eigenvalue weighted by atomic mass is 10.1. The van der Waals surface area contributed by atoms with E-state index in [1.54, 1.807) is 0 Å². The van der Waals surface area contributed by atoms with Crippen LogP contribution in [-0.2, 0) is 13.0 Å². The van der Waals surface area contributed by atoms with Crippen molar-refractivity contribution in [1.82, 2.24) is 10.2 Å². The van der Waals surface area contributed by atoms with Crippen molar-refractivity contribution in [2.24, 2.45) is 0 Å². The quantitative estimate of drug-likeness (QED) is 0.830. The van der Waals surface area contributed by atoms with Gasteiger partial charge in [-0.2, -0.15) is 0 Å². The van der Waals surface area contributed by atoms with Crippen LogP contribution < -0.4 is 5.32 Å². The highest BCUT2D eigenvalue weighted by atomic mass is 15.2. The molecular formula is C16H26N2. The molecule has 0 aromatic heterocycles. The van der Waals surface area contributed by atoms with Gasteiger partial charge in [0.2, 0.25) is 0 Å². The van der Waals surface area contributed by atoms with Crippen LogP contribution in [0.1, 0.15) is 37.8 Å². The van der Waals surface area contributed by atoms with Crippen LogP contribution in [0.25, 0.3) is 0 Å². The van der Waals surface area contributed by atoms with E-state index in [4.69, 9.17) is 0 Å². The van der Waals surface area contributed by atoms with Crippen molar-refractivity contribution < 1.29 is 0 Å². The Labute approximate surface area is 111 Å². The van der Waals surface area contributed by atoms with E-state index in [2.05, 4.69) is 48.3 Å². The second-order valence-electron chi connectivity index (χ2n) is 5.39. The molecule has 2 rings (SSSR count). The summed E-state index contributed by atoms with van der Waals surface area (Å²) in [5, 5.41) is 3.57. The summed E-state index contributed by atoms with van der Waals surface area (Å²) in [6.45, 7) is 9.18. The van der Waals surface area contributed by atoms with Gasteiger partial charge in [-0.3, -0.25) is 4.90 Å². The first-order valence-corrected chi connectivity index (χ1v) is 7.32. The Morgan fingerprint density at radius 2 is 1.72 bits per heavy atom. The van der Waals surface area contributed by atoms with Gasteiger partial charge in [0.1, 0.15) is 0 Å². The summed E-state index contributed by atoms with van der Waals surface area (Å²) in [7, 11) is 0. The minimum atomic E-state index is 0.669. The smallest absolute Gasteiger partial charge is 0.0206 e. The molecule has 0 radical (unpaired) electrons. The van der Waals surface area contributed by atoms with E-state index in [0.29, 0.717) is 6.04 Å². The Morgan fingerprint density at radius 3 is 2.33 bits per heavy atom. The minimum Gasteiger partial charge on any atom is -0.311 e. The second-order valence-corrected chi connectivity index (χ2v) is 5.39. The topological polar surface area (TPSA) is 15.3 Å². The van der Waals surface area contributed by atoms with Crippen molar-refractivity contribution in [2.45, 2.75) is 45.7 Å². The average molecular weight is 246 g/mol. The third kappa shape index (κ3) is 3.82. The van der Waals surface area contributed by atoms with Gasteiger partial charge in [-0.05, 0) is 50.4 Å². The van der Waals surface area contributed by atoms with Crippen LogP contribution in [0.4, 0.5) is 0 Å². The maximum atomic E-state index is 3.57. The third-order valence-electron chi connectivity index (χ3n) is 3.96. The first kappa shape index (κ1) is 13.6. The Morgan fingerprint density at radius 1 is 1.11 bits per heavy atom. The molecule has 0 bridgehead atoms. The van der Waals surface area contributed by atoms with E-state index in [1.807, 2.05) is 0 Å². The Hall–Kier alpha value is -0.860. The third-order valence-corrected chi connectivity index (χ3v) is 3.96. The predicted octanol–water partition coefficient (Wildman–Crippen LogP) is 2.82. The lowest BCUT2D eigenvalue weighted by Gasteiger charge is -2.24. The highest BCUT2D eigenvalue weighted by Gasteiger charge is 2.17. The molecule has 1 N–H and O–H groups in total. The summed E-state index contributed by atoms with van der Waals surface area (Å²) in [5.74, 6) is 0. The van der Waals surface area contributed by atoms with Crippen molar-refractivity contribution >= 4 is 0 Å². The SMILES string of the molecule is CCc1ccc(CNCC(C)N2CCCC2)cc1. The molecule has 1 aliphatic heterocycles. The van der Waals surface area contributed by atoms with E-state index in [0.717, 1.165) is 19.5 Å². The number of aryl methyl sites for hydroxylation is 1. The summed E-state index contributed by atoms with van der Waals surface area (Å²) in [6.07, 6.45) is 3.88. The molecule has 2 heteroatoms. The molecule has 1 atom stereocenters. The van der Waals surface area contributed by atoms with Gasteiger partial charge in [-0.25, -0.2) is 0 Å². The van der Waals surface area contributed by atoms with Crippen molar-refractivity contribution in [3.05, 3.63) is 35.4 Å². The van der Waals surface area contributed by atoms with Gasteiger partial charge in [0, 0.05) is 19.1 Å². The van der Waals surface area contributed by atoms with E-state index >= 15 is 0 Å². The normalized spacial score (nSPS) is 18.1. The van der Waals surface area contributed by atoms with Gasteiger partial charge < -0.3 is 5.32 Å². The monoisotopic (exact) mass is 246 g/mol.